The van der Waals surface area contributed by atoms with Crippen LogP contribution in [0, 0.1) is 0 Å². The van der Waals surface area contributed by atoms with Crippen LogP contribution in [0.3, 0.4) is 0 Å². The molecule has 0 bridgehead atoms. The molecule has 1 saturated heterocycles. The molecule has 1 fully saturated rings. The maximum Gasteiger partial charge on any atom is 0.272 e. The van der Waals surface area contributed by atoms with E-state index < -0.39 is 15.9 Å². The molecule has 0 atom stereocenters. The highest BCUT2D eigenvalue weighted by Gasteiger charge is 2.32. The fourth-order valence-electron chi connectivity index (χ4n) is 3.28. The number of sulfonamides is 1. The number of piperazine rings is 1. The summed E-state index contributed by atoms with van der Waals surface area (Å²) in [5, 5.41) is 10.8. The lowest BCUT2D eigenvalue weighted by atomic mass is 10.2. The lowest BCUT2D eigenvalue weighted by Crippen LogP contribution is -2.48. The van der Waals surface area contributed by atoms with Crippen molar-refractivity contribution in [1.29, 1.82) is 0 Å². The molecule has 1 amide bonds. The van der Waals surface area contributed by atoms with Gasteiger partial charge in [-0.15, -0.1) is 10.2 Å². The Kier molecular flexibility index (Phi) is 7.08. The number of benzene rings is 2. The van der Waals surface area contributed by atoms with Crippen LogP contribution in [0.4, 0.5) is 5.13 Å². The van der Waals surface area contributed by atoms with Gasteiger partial charge in [0.15, 0.2) is 0 Å². The number of hydrogen-bond acceptors (Lipinski definition) is 7. The first kappa shape index (κ1) is 23.1. The number of hydrogen-bond donors (Lipinski definition) is 1. The summed E-state index contributed by atoms with van der Waals surface area (Å²) in [6, 6.07) is 14.5. The summed E-state index contributed by atoms with van der Waals surface area (Å²) in [5.74, 6) is -0.527. The zero-order chi connectivity index (χ0) is 22.7. The van der Waals surface area contributed by atoms with Crippen molar-refractivity contribution in [2.75, 3.05) is 31.5 Å². The highest BCUT2D eigenvalue weighted by Crippen LogP contribution is 2.26. The fourth-order valence-corrected chi connectivity index (χ4v) is 6.23. The van der Waals surface area contributed by atoms with Gasteiger partial charge in [-0.25, -0.2) is 8.42 Å². The van der Waals surface area contributed by atoms with E-state index in [9.17, 15) is 13.2 Å². The van der Waals surface area contributed by atoms with Gasteiger partial charge in [0.1, 0.15) is 0 Å². The molecule has 32 heavy (non-hydrogen) atoms. The monoisotopic (exact) mass is 511 g/mol. The van der Waals surface area contributed by atoms with Gasteiger partial charge in [0.05, 0.1) is 10.6 Å². The Labute approximate surface area is 199 Å². The van der Waals surface area contributed by atoms with Crippen LogP contribution in [0.1, 0.15) is 15.9 Å². The second-order valence-corrected chi connectivity index (χ2v) is 11.1. The molecule has 1 aliphatic heterocycles. The van der Waals surface area contributed by atoms with E-state index in [1.54, 1.807) is 0 Å². The van der Waals surface area contributed by atoms with Gasteiger partial charge in [-0.2, -0.15) is 4.31 Å². The van der Waals surface area contributed by atoms with Gasteiger partial charge in [-0.1, -0.05) is 64.9 Å². The Balaban J connectivity index is 1.38. The Bertz CT molecular complexity index is 1210. The third-order valence-corrected chi connectivity index (χ3v) is 8.57. The van der Waals surface area contributed by atoms with E-state index in [0.717, 1.165) is 17.9 Å². The van der Waals surface area contributed by atoms with Gasteiger partial charge in [0, 0.05) is 37.7 Å². The first-order chi connectivity index (χ1) is 15.3. The van der Waals surface area contributed by atoms with Crippen LogP contribution in [0.2, 0.25) is 10.0 Å². The van der Waals surface area contributed by atoms with Gasteiger partial charge in [0.25, 0.3) is 15.9 Å². The highest BCUT2D eigenvalue weighted by atomic mass is 35.5. The molecule has 0 saturated carbocycles. The number of carbonyl (C=O) groups excluding carboxylic acids is 1. The third kappa shape index (κ3) is 5.28. The Morgan fingerprint density at radius 3 is 2.44 bits per heavy atom. The molecule has 12 heteroatoms. The molecule has 2 heterocycles. The summed E-state index contributed by atoms with van der Waals surface area (Å²) >= 11 is 12.7. The molecule has 3 aromatic rings. The van der Waals surface area contributed by atoms with E-state index >= 15 is 0 Å². The lowest BCUT2D eigenvalue weighted by molar-refractivity contribution is 0.102. The molecule has 1 aliphatic rings. The molecule has 2 aromatic carbocycles. The van der Waals surface area contributed by atoms with Crippen LogP contribution < -0.4 is 5.32 Å². The maximum atomic E-state index is 13.0. The predicted molar refractivity (Wildman–Crippen MR) is 125 cm³/mol. The van der Waals surface area contributed by atoms with Gasteiger partial charge >= 0.3 is 0 Å². The lowest BCUT2D eigenvalue weighted by Gasteiger charge is -2.33. The van der Waals surface area contributed by atoms with Crippen molar-refractivity contribution in [2.45, 2.75) is 10.9 Å². The van der Waals surface area contributed by atoms with E-state index in [2.05, 4.69) is 32.5 Å². The molecular formula is C20H19Cl2N5O3S2. The Morgan fingerprint density at radius 1 is 1.03 bits per heavy atom. The molecule has 1 aromatic heterocycles. The van der Waals surface area contributed by atoms with E-state index in [1.807, 2.05) is 18.2 Å². The van der Waals surface area contributed by atoms with Crippen molar-refractivity contribution < 1.29 is 13.2 Å². The zero-order valence-corrected chi connectivity index (χ0v) is 19.9. The molecule has 168 valence electrons. The van der Waals surface area contributed by atoms with E-state index in [1.165, 1.54) is 28.1 Å². The van der Waals surface area contributed by atoms with Crippen molar-refractivity contribution in [2.24, 2.45) is 0 Å². The molecule has 0 aliphatic carbocycles. The van der Waals surface area contributed by atoms with Crippen LogP contribution in [-0.4, -0.2) is 59.9 Å². The first-order valence-corrected chi connectivity index (χ1v) is 12.7. The molecule has 8 nitrogen and oxygen atoms in total. The average molecular weight is 512 g/mol. The quantitative estimate of drug-likeness (QED) is 0.508. The normalized spacial score (nSPS) is 15.6. The standard InChI is InChI=1S/C20H19Cl2N5O3S2/c21-15-6-7-16(17(22)12-15)18(28)23-19-24-25-20(31-19)32(29,30)27-10-8-26(9-11-27)13-14-4-2-1-3-5-14/h1-7,12H,8-11,13H2,(H,23,24,28). The van der Waals surface area contributed by atoms with Gasteiger partial charge in [-0.3, -0.25) is 15.0 Å². The largest absolute Gasteiger partial charge is 0.296 e. The van der Waals surface area contributed by atoms with Gasteiger partial charge in [0.2, 0.25) is 9.47 Å². The summed E-state index contributed by atoms with van der Waals surface area (Å²) < 4.78 is 27.2. The summed E-state index contributed by atoms with van der Waals surface area (Å²) in [7, 11) is -3.79. The number of anilines is 1. The van der Waals surface area contributed by atoms with Gasteiger partial charge in [-0.05, 0) is 23.8 Å². The van der Waals surface area contributed by atoms with Crippen molar-refractivity contribution in [3.05, 3.63) is 69.7 Å². The Hall–Kier alpha value is -2.08. The van der Waals surface area contributed by atoms with Crippen molar-refractivity contribution in [1.82, 2.24) is 19.4 Å². The smallest absolute Gasteiger partial charge is 0.272 e. The minimum Gasteiger partial charge on any atom is -0.296 e. The van der Waals surface area contributed by atoms with E-state index in [0.29, 0.717) is 31.2 Å². The average Bonchev–Trinajstić information content (AvgIpc) is 3.24. The van der Waals surface area contributed by atoms with E-state index in [-0.39, 0.29) is 20.1 Å². The first-order valence-electron chi connectivity index (χ1n) is 9.69. The number of rotatable bonds is 6. The van der Waals surface area contributed by atoms with Crippen LogP contribution in [0.25, 0.3) is 0 Å². The topological polar surface area (TPSA) is 95.5 Å². The van der Waals surface area contributed by atoms with Crippen molar-refractivity contribution >= 4 is 55.6 Å². The van der Waals surface area contributed by atoms with Crippen LogP contribution in [0.5, 0.6) is 0 Å². The molecule has 0 unspecified atom stereocenters. The second-order valence-electron chi connectivity index (χ2n) is 7.12. The number of amides is 1. The third-order valence-electron chi connectivity index (χ3n) is 4.94. The molecule has 4 rings (SSSR count). The summed E-state index contributed by atoms with van der Waals surface area (Å²) in [5.41, 5.74) is 1.39. The maximum absolute atomic E-state index is 13.0. The van der Waals surface area contributed by atoms with Crippen LogP contribution in [0.15, 0.2) is 52.9 Å². The van der Waals surface area contributed by atoms with Crippen molar-refractivity contribution in [3.63, 3.8) is 0 Å². The second kappa shape index (κ2) is 9.82. The zero-order valence-electron chi connectivity index (χ0n) is 16.7. The highest BCUT2D eigenvalue weighted by molar-refractivity contribution is 7.91. The molecule has 0 spiro atoms. The van der Waals surface area contributed by atoms with Crippen LogP contribution >= 0.6 is 34.5 Å². The summed E-state index contributed by atoms with van der Waals surface area (Å²) in [6.07, 6.45) is 0. The summed E-state index contributed by atoms with van der Waals surface area (Å²) in [6.45, 7) is 2.72. The van der Waals surface area contributed by atoms with Gasteiger partial charge < -0.3 is 0 Å². The number of nitrogens with one attached hydrogen (secondary N) is 1. The van der Waals surface area contributed by atoms with E-state index in [4.69, 9.17) is 23.2 Å². The fraction of sp³-hybridized carbons (Fsp3) is 0.250. The molecule has 1 N–H and O–H groups in total. The minimum absolute atomic E-state index is 0.0716. The molecular weight excluding hydrogens is 493 g/mol. The Morgan fingerprint density at radius 2 is 1.75 bits per heavy atom. The van der Waals surface area contributed by atoms with Crippen molar-refractivity contribution in [3.8, 4) is 0 Å². The summed E-state index contributed by atoms with van der Waals surface area (Å²) in [4.78, 5) is 14.6. The predicted octanol–water partition coefficient (Wildman–Crippen LogP) is 3.60. The molecule has 0 radical (unpaired) electrons. The minimum atomic E-state index is -3.79. The number of halogens is 2. The number of nitrogens with zero attached hydrogens (tertiary/aromatic N) is 4. The number of carbonyl (C=O) groups is 1. The number of aromatic nitrogens is 2. The SMILES string of the molecule is O=C(Nc1nnc(S(=O)(=O)N2CCN(Cc3ccccc3)CC2)s1)c1ccc(Cl)cc1Cl. The van der Waals surface area contributed by atoms with Crippen LogP contribution in [-0.2, 0) is 16.6 Å².